The number of ether oxygens (including phenoxy) is 1. The van der Waals surface area contributed by atoms with Crippen LogP contribution in [0.5, 0.6) is 0 Å². The van der Waals surface area contributed by atoms with Crippen molar-refractivity contribution in [1.82, 2.24) is 9.97 Å². The van der Waals surface area contributed by atoms with Crippen molar-refractivity contribution >= 4 is 28.3 Å². The summed E-state index contributed by atoms with van der Waals surface area (Å²) < 4.78 is 10.9. The number of nitrogens with zero attached hydrogens (tertiary/aromatic N) is 3. The number of rotatable bonds is 9. The van der Waals surface area contributed by atoms with Gasteiger partial charge in [0.1, 0.15) is 10.6 Å². The van der Waals surface area contributed by atoms with Gasteiger partial charge in [-0.3, -0.25) is 9.69 Å². The number of oxazole rings is 1. The molecule has 0 fully saturated rings. The monoisotopic (exact) mass is 441 g/mol. The van der Waals surface area contributed by atoms with Gasteiger partial charge in [0, 0.05) is 12.1 Å². The fraction of sp³-hybridized carbons (Fsp3) is 0.391. The number of amides is 1. The average Bonchev–Trinajstić information content (AvgIpc) is 3.34. The maximum Gasteiger partial charge on any atom is 0.350 e. The molecule has 0 aliphatic rings. The van der Waals surface area contributed by atoms with Gasteiger partial charge in [0.2, 0.25) is 5.89 Å². The van der Waals surface area contributed by atoms with Crippen molar-refractivity contribution in [2.24, 2.45) is 0 Å². The third-order valence-corrected chi connectivity index (χ3v) is 5.89. The van der Waals surface area contributed by atoms with E-state index in [-0.39, 0.29) is 18.2 Å². The van der Waals surface area contributed by atoms with Crippen molar-refractivity contribution in [3.05, 3.63) is 52.4 Å². The minimum absolute atomic E-state index is 0.251. The van der Waals surface area contributed by atoms with Gasteiger partial charge in [-0.2, -0.15) is 0 Å². The highest BCUT2D eigenvalue weighted by Crippen LogP contribution is 2.30. The Morgan fingerprint density at radius 3 is 2.52 bits per heavy atom. The van der Waals surface area contributed by atoms with Crippen LogP contribution in [0.4, 0.5) is 5.13 Å². The number of unbranched alkanes of at least 4 members (excludes halogenated alkanes) is 2. The Morgan fingerprint density at radius 1 is 1.10 bits per heavy atom. The molecule has 3 rings (SSSR count). The smallest absolute Gasteiger partial charge is 0.350 e. The number of esters is 1. The largest absolute Gasteiger partial charge is 0.462 e. The molecule has 0 saturated carbocycles. The van der Waals surface area contributed by atoms with Gasteiger partial charge in [0.15, 0.2) is 10.8 Å². The lowest BCUT2D eigenvalue weighted by Crippen LogP contribution is -2.32. The molecule has 164 valence electrons. The van der Waals surface area contributed by atoms with E-state index in [2.05, 4.69) is 16.9 Å². The number of carbonyl (C=O) groups excluding carboxylic acids is 2. The fourth-order valence-corrected chi connectivity index (χ4v) is 4.10. The van der Waals surface area contributed by atoms with E-state index in [1.807, 2.05) is 30.3 Å². The lowest BCUT2D eigenvalue weighted by atomic mass is 10.2. The number of anilines is 1. The molecule has 0 bridgehead atoms. The molecule has 1 aromatic carbocycles. The zero-order chi connectivity index (χ0) is 22.4. The average molecular weight is 442 g/mol. The Hall–Kier alpha value is -3.00. The highest BCUT2D eigenvalue weighted by molar-refractivity contribution is 7.17. The van der Waals surface area contributed by atoms with Crippen LogP contribution in [-0.4, -0.2) is 35.0 Å². The van der Waals surface area contributed by atoms with Crippen LogP contribution >= 0.6 is 11.3 Å². The van der Waals surface area contributed by atoms with Crippen LogP contribution in [0.1, 0.15) is 64.7 Å². The lowest BCUT2D eigenvalue weighted by Gasteiger charge is -2.18. The molecule has 0 aliphatic heterocycles. The maximum atomic E-state index is 13.5. The Kier molecular flexibility index (Phi) is 7.57. The molecule has 0 N–H and O–H groups in total. The summed E-state index contributed by atoms with van der Waals surface area (Å²) in [4.78, 5) is 36.7. The molecule has 7 nitrogen and oxygen atoms in total. The summed E-state index contributed by atoms with van der Waals surface area (Å²) in [5.41, 5.74) is 1.60. The third kappa shape index (κ3) is 5.19. The second kappa shape index (κ2) is 10.3. The second-order valence-electron chi connectivity index (χ2n) is 7.09. The van der Waals surface area contributed by atoms with Gasteiger partial charge in [-0.1, -0.05) is 49.3 Å². The van der Waals surface area contributed by atoms with Crippen molar-refractivity contribution in [2.45, 2.75) is 47.0 Å². The second-order valence-corrected chi connectivity index (χ2v) is 8.06. The molecule has 0 unspecified atom stereocenters. The topological polar surface area (TPSA) is 85.5 Å². The number of carbonyl (C=O) groups is 2. The fourth-order valence-electron chi connectivity index (χ4n) is 3.11. The molecule has 31 heavy (non-hydrogen) atoms. The van der Waals surface area contributed by atoms with Gasteiger partial charge in [0.05, 0.1) is 12.3 Å². The molecule has 0 aliphatic carbocycles. The van der Waals surface area contributed by atoms with Crippen LogP contribution in [-0.2, 0) is 4.74 Å². The molecule has 2 heterocycles. The van der Waals surface area contributed by atoms with E-state index in [1.54, 1.807) is 25.7 Å². The van der Waals surface area contributed by atoms with Crippen molar-refractivity contribution < 1.29 is 18.7 Å². The molecule has 0 spiro atoms. The summed E-state index contributed by atoms with van der Waals surface area (Å²) in [7, 11) is 0. The zero-order valence-corrected chi connectivity index (χ0v) is 19.1. The number of aryl methyl sites for hydroxylation is 2. The molecule has 2 aromatic heterocycles. The van der Waals surface area contributed by atoms with Crippen LogP contribution in [0.3, 0.4) is 0 Å². The molecule has 0 atom stereocenters. The van der Waals surface area contributed by atoms with Gasteiger partial charge >= 0.3 is 5.97 Å². The van der Waals surface area contributed by atoms with Crippen molar-refractivity contribution in [3.63, 3.8) is 0 Å². The normalized spacial score (nSPS) is 10.8. The molecule has 0 radical (unpaired) electrons. The summed E-state index contributed by atoms with van der Waals surface area (Å²) >= 11 is 1.17. The van der Waals surface area contributed by atoms with Gasteiger partial charge in [-0.25, -0.2) is 14.8 Å². The maximum absolute atomic E-state index is 13.5. The first-order valence-electron chi connectivity index (χ1n) is 10.5. The zero-order valence-electron chi connectivity index (χ0n) is 18.3. The number of hydrogen-bond acceptors (Lipinski definition) is 7. The Balaban J connectivity index is 1.94. The van der Waals surface area contributed by atoms with Gasteiger partial charge in [-0.05, 0) is 39.3 Å². The van der Waals surface area contributed by atoms with Gasteiger partial charge in [0.25, 0.3) is 5.91 Å². The summed E-state index contributed by atoms with van der Waals surface area (Å²) in [5, 5.41) is 0.463. The summed E-state index contributed by atoms with van der Waals surface area (Å²) in [6.07, 6.45) is 2.82. The molecule has 1 amide bonds. The number of hydrogen-bond donors (Lipinski definition) is 0. The van der Waals surface area contributed by atoms with Crippen LogP contribution in [0, 0.1) is 13.8 Å². The molecular formula is C23H27N3O4S. The standard InChI is InChI=1S/C23H27N3O4S/c1-5-7-11-14-26(23-24-15(3)19(31-23)22(28)29-6-2)21(27)18-16(4)30-20(25-18)17-12-9-8-10-13-17/h8-10,12-13H,5-7,11,14H2,1-4H3. The summed E-state index contributed by atoms with van der Waals surface area (Å²) in [5.74, 6) is 0.137. The molecule has 8 heteroatoms. The Bertz CT molecular complexity index is 1040. The van der Waals surface area contributed by atoms with E-state index in [9.17, 15) is 9.59 Å². The van der Waals surface area contributed by atoms with E-state index < -0.39 is 5.97 Å². The third-order valence-electron chi connectivity index (χ3n) is 4.73. The van der Waals surface area contributed by atoms with Gasteiger partial charge < -0.3 is 9.15 Å². The Morgan fingerprint density at radius 2 is 1.84 bits per heavy atom. The summed E-state index contributed by atoms with van der Waals surface area (Å²) in [6, 6.07) is 9.46. The van der Waals surface area contributed by atoms with E-state index in [4.69, 9.17) is 9.15 Å². The van der Waals surface area contributed by atoms with E-state index in [0.29, 0.717) is 33.9 Å². The first-order valence-corrected chi connectivity index (χ1v) is 11.3. The predicted molar refractivity (Wildman–Crippen MR) is 121 cm³/mol. The number of aromatic nitrogens is 2. The van der Waals surface area contributed by atoms with E-state index in [0.717, 1.165) is 24.8 Å². The van der Waals surface area contributed by atoms with Crippen molar-refractivity contribution in [3.8, 4) is 11.5 Å². The molecular weight excluding hydrogens is 414 g/mol. The van der Waals surface area contributed by atoms with Crippen molar-refractivity contribution in [1.29, 1.82) is 0 Å². The lowest BCUT2D eigenvalue weighted by molar-refractivity contribution is 0.0531. The highest BCUT2D eigenvalue weighted by Gasteiger charge is 2.28. The first-order chi connectivity index (χ1) is 15.0. The number of benzene rings is 1. The minimum Gasteiger partial charge on any atom is -0.462 e. The first kappa shape index (κ1) is 22.7. The minimum atomic E-state index is -0.423. The molecule has 0 saturated heterocycles. The predicted octanol–water partition coefficient (Wildman–Crippen LogP) is 5.43. The van der Waals surface area contributed by atoms with Crippen LogP contribution in [0.25, 0.3) is 11.5 Å². The highest BCUT2D eigenvalue weighted by atomic mass is 32.1. The molecule has 3 aromatic rings. The summed E-state index contributed by atoms with van der Waals surface area (Å²) in [6.45, 7) is 8.10. The SMILES string of the molecule is CCCCCN(C(=O)c1nc(-c2ccccc2)oc1C)c1nc(C)c(C(=O)OCC)s1. The van der Waals surface area contributed by atoms with Crippen LogP contribution < -0.4 is 4.90 Å². The van der Waals surface area contributed by atoms with Crippen molar-refractivity contribution in [2.75, 3.05) is 18.1 Å². The van der Waals surface area contributed by atoms with Gasteiger partial charge in [-0.15, -0.1) is 0 Å². The van der Waals surface area contributed by atoms with Crippen LogP contribution in [0.15, 0.2) is 34.7 Å². The Labute approximate surface area is 186 Å². The van der Waals surface area contributed by atoms with E-state index >= 15 is 0 Å². The van der Waals surface area contributed by atoms with E-state index in [1.165, 1.54) is 11.3 Å². The van der Waals surface area contributed by atoms with Crippen LogP contribution in [0.2, 0.25) is 0 Å². The quantitative estimate of drug-likeness (QED) is 0.325. The number of thiazole rings is 1.